The molecule has 4 nitrogen and oxygen atoms in total. The summed E-state index contributed by atoms with van der Waals surface area (Å²) in [5, 5.41) is 3.02. The number of hydrogen-bond donors (Lipinski definition) is 1. The monoisotopic (exact) mass is 223 g/mol. The maximum atomic E-state index is 5.59. The Bertz CT molecular complexity index is 330. The van der Waals surface area contributed by atoms with Gasteiger partial charge in [0.2, 0.25) is 5.88 Å². The highest BCUT2D eigenvalue weighted by atomic mass is 16.5. The Morgan fingerprint density at radius 3 is 2.81 bits per heavy atom. The van der Waals surface area contributed by atoms with E-state index in [9.17, 15) is 0 Å². The van der Waals surface area contributed by atoms with Crippen LogP contribution in [0, 0.1) is 6.54 Å². The summed E-state index contributed by atoms with van der Waals surface area (Å²) in [6.45, 7) is 14.0. The van der Waals surface area contributed by atoms with E-state index in [4.69, 9.17) is 9.47 Å². The Morgan fingerprint density at radius 1 is 1.56 bits per heavy atom. The van der Waals surface area contributed by atoms with Crippen LogP contribution in [0.5, 0.6) is 0 Å². The topological polar surface area (TPSA) is 42.9 Å². The maximum Gasteiger partial charge on any atom is 0.216 e. The molecule has 0 aliphatic carbocycles. The van der Waals surface area contributed by atoms with E-state index in [0.717, 1.165) is 5.57 Å². The van der Waals surface area contributed by atoms with E-state index in [1.807, 2.05) is 34.2 Å². The minimum Gasteiger partial charge on any atom is -0.491 e. The lowest BCUT2D eigenvalue weighted by molar-refractivity contribution is 0.142. The van der Waals surface area contributed by atoms with Crippen LogP contribution in [0.25, 0.3) is 0 Å². The van der Waals surface area contributed by atoms with Gasteiger partial charge in [-0.3, -0.25) is 0 Å². The molecule has 0 aromatic carbocycles. The van der Waals surface area contributed by atoms with Gasteiger partial charge in [-0.1, -0.05) is 6.58 Å². The number of nitrogens with one attached hydrogen (secondary N) is 1. The molecule has 89 valence electrons. The van der Waals surface area contributed by atoms with Crippen LogP contribution in [0.4, 0.5) is 0 Å². The van der Waals surface area contributed by atoms with Gasteiger partial charge >= 0.3 is 0 Å². The number of aliphatic imine (C=N–C) groups is 1. The fourth-order valence-electron chi connectivity index (χ4n) is 1.19. The highest BCUT2D eigenvalue weighted by Gasteiger charge is 2.16. The van der Waals surface area contributed by atoms with Crippen LogP contribution >= 0.6 is 0 Å². The first-order chi connectivity index (χ1) is 7.54. The molecule has 0 aromatic rings. The van der Waals surface area contributed by atoms with Gasteiger partial charge in [-0.15, -0.1) is 0 Å². The highest BCUT2D eigenvalue weighted by Crippen LogP contribution is 2.17. The first-order valence-electron chi connectivity index (χ1n) is 5.42. The third-order valence-electron chi connectivity index (χ3n) is 1.91. The van der Waals surface area contributed by atoms with Crippen LogP contribution in [-0.4, -0.2) is 18.5 Å². The number of ether oxygens (including phenoxy) is 2. The van der Waals surface area contributed by atoms with Gasteiger partial charge in [0.15, 0.2) is 11.6 Å². The molecule has 0 saturated carbocycles. The van der Waals surface area contributed by atoms with Crippen LogP contribution in [0.1, 0.15) is 27.7 Å². The molecule has 1 heterocycles. The molecule has 0 atom stereocenters. The van der Waals surface area contributed by atoms with Gasteiger partial charge < -0.3 is 14.8 Å². The van der Waals surface area contributed by atoms with Gasteiger partial charge in [0.1, 0.15) is 0 Å². The molecule has 0 bridgehead atoms. The van der Waals surface area contributed by atoms with Gasteiger partial charge in [0.05, 0.1) is 19.3 Å². The molecule has 0 amide bonds. The van der Waals surface area contributed by atoms with E-state index in [1.54, 1.807) is 0 Å². The molecule has 1 aliphatic heterocycles. The van der Waals surface area contributed by atoms with Crippen molar-refractivity contribution in [1.82, 2.24) is 5.32 Å². The van der Waals surface area contributed by atoms with Crippen molar-refractivity contribution >= 4 is 5.84 Å². The zero-order chi connectivity index (χ0) is 12.1. The summed E-state index contributed by atoms with van der Waals surface area (Å²) in [4.78, 5) is 4.33. The van der Waals surface area contributed by atoms with Crippen molar-refractivity contribution in [1.29, 1.82) is 0 Å². The van der Waals surface area contributed by atoms with Crippen molar-refractivity contribution in [3.8, 4) is 0 Å². The summed E-state index contributed by atoms with van der Waals surface area (Å²) >= 11 is 0. The minimum absolute atomic E-state index is 0.0989. The Labute approximate surface area is 97.0 Å². The van der Waals surface area contributed by atoms with Gasteiger partial charge in [0.25, 0.3) is 0 Å². The zero-order valence-electron chi connectivity index (χ0n) is 10.3. The highest BCUT2D eigenvalue weighted by molar-refractivity contribution is 5.97. The third kappa shape index (κ3) is 3.29. The molecule has 0 unspecified atom stereocenters. The predicted octanol–water partition coefficient (Wildman–Crippen LogP) is 2.36. The fraction of sp³-hybridized carbons (Fsp3) is 0.500. The SMILES string of the molecule is C=C(OCC)C1=NC(OC(C)C)=C(C)[CH]N1. The number of rotatable bonds is 5. The lowest BCUT2D eigenvalue weighted by Gasteiger charge is -2.21. The van der Waals surface area contributed by atoms with Crippen LogP contribution in [0.15, 0.2) is 28.8 Å². The first kappa shape index (κ1) is 12.6. The molecular formula is C12H19N2O2. The number of hydrogen-bond acceptors (Lipinski definition) is 4. The summed E-state index contributed by atoms with van der Waals surface area (Å²) in [7, 11) is 0. The van der Waals surface area contributed by atoms with Gasteiger partial charge in [-0.2, -0.15) is 4.99 Å². The van der Waals surface area contributed by atoms with Crippen LogP contribution < -0.4 is 5.32 Å². The molecular weight excluding hydrogens is 204 g/mol. The number of amidine groups is 1. The number of nitrogens with zero attached hydrogens (tertiary/aromatic N) is 1. The lowest BCUT2D eigenvalue weighted by atomic mass is 10.2. The lowest BCUT2D eigenvalue weighted by Crippen LogP contribution is -2.28. The van der Waals surface area contributed by atoms with Crippen molar-refractivity contribution in [3.63, 3.8) is 0 Å². The second-order valence-corrected chi connectivity index (χ2v) is 3.76. The van der Waals surface area contributed by atoms with Crippen molar-refractivity contribution in [3.05, 3.63) is 30.3 Å². The molecule has 4 heteroatoms. The summed E-state index contributed by atoms with van der Waals surface area (Å²) < 4.78 is 10.9. The quantitative estimate of drug-likeness (QED) is 0.727. The first-order valence-corrected chi connectivity index (χ1v) is 5.42. The van der Waals surface area contributed by atoms with E-state index in [1.165, 1.54) is 0 Å². The maximum absolute atomic E-state index is 5.59. The normalized spacial score (nSPS) is 15.7. The van der Waals surface area contributed by atoms with Crippen molar-refractivity contribution in [2.24, 2.45) is 4.99 Å². The zero-order valence-corrected chi connectivity index (χ0v) is 10.3. The minimum atomic E-state index is 0.0989. The molecule has 0 aromatic heterocycles. The molecule has 1 rings (SSSR count). The standard InChI is InChI=1S/C12H19N2O2/c1-6-15-10(5)11-13-7-9(4)12(14-11)16-8(2)3/h7-8H,5-6H2,1-4H3,(H,13,14). The molecule has 16 heavy (non-hydrogen) atoms. The average molecular weight is 223 g/mol. The van der Waals surface area contributed by atoms with E-state index in [2.05, 4.69) is 16.9 Å². The molecule has 0 spiro atoms. The average Bonchev–Trinajstić information content (AvgIpc) is 2.21. The Balaban J connectivity index is 2.79. The Kier molecular flexibility index (Phi) is 4.40. The molecule has 1 radical (unpaired) electrons. The van der Waals surface area contributed by atoms with Crippen LogP contribution in [0.2, 0.25) is 0 Å². The predicted molar refractivity (Wildman–Crippen MR) is 64.6 cm³/mol. The van der Waals surface area contributed by atoms with Gasteiger partial charge in [-0.25, -0.2) is 0 Å². The molecule has 0 saturated heterocycles. The summed E-state index contributed by atoms with van der Waals surface area (Å²) in [6.07, 6.45) is 0.0989. The van der Waals surface area contributed by atoms with Crippen LogP contribution in [0.3, 0.4) is 0 Å². The van der Waals surface area contributed by atoms with E-state index in [-0.39, 0.29) is 6.10 Å². The summed E-state index contributed by atoms with van der Waals surface area (Å²) in [6, 6.07) is 0. The molecule has 1 aliphatic rings. The van der Waals surface area contributed by atoms with E-state index >= 15 is 0 Å². The van der Waals surface area contributed by atoms with E-state index in [0.29, 0.717) is 24.1 Å². The van der Waals surface area contributed by atoms with Crippen molar-refractivity contribution in [2.75, 3.05) is 6.61 Å². The van der Waals surface area contributed by atoms with Crippen molar-refractivity contribution < 1.29 is 9.47 Å². The molecule has 0 fully saturated rings. The second-order valence-electron chi connectivity index (χ2n) is 3.76. The largest absolute Gasteiger partial charge is 0.491 e. The summed E-state index contributed by atoms with van der Waals surface area (Å²) in [5.74, 6) is 1.74. The van der Waals surface area contributed by atoms with Crippen LogP contribution in [-0.2, 0) is 9.47 Å². The smallest absolute Gasteiger partial charge is 0.216 e. The fourth-order valence-corrected chi connectivity index (χ4v) is 1.19. The third-order valence-corrected chi connectivity index (χ3v) is 1.91. The Morgan fingerprint density at radius 2 is 2.25 bits per heavy atom. The van der Waals surface area contributed by atoms with E-state index < -0.39 is 0 Å². The summed E-state index contributed by atoms with van der Waals surface area (Å²) in [5.41, 5.74) is 0.960. The Hall–Kier alpha value is -1.45. The van der Waals surface area contributed by atoms with Gasteiger partial charge in [-0.05, 0) is 27.7 Å². The second kappa shape index (κ2) is 5.58. The van der Waals surface area contributed by atoms with Gasteiger partial charge in [0, 0.05) is 5.57 Å². The molecule has 1 N–H and O–H groups in total. The van der Waals surface area contributed by atoms with Crippen molar-refractivity contribution in [2.45, 2.75) is 33.8 Å².